The quantitative estimate of drug-likeness (QED) is 0.519. The molecule has 1 unspecified atom stereocenters. The lowest BCUT2D eigenvalue weighted by atomic mass is 10.1. The van der Waals surface area contributed by atoms with E-state index in [0.29, 0.717) is 21.5 Å². The van der Waals surface area contributed by atoms with Gasteiger partial charge < -0.3 is 19.5 Å². The molecule has 1 aliphatic heterocycles. The lowest BCUT2D eigenvalue weighted by molar-refractivity contribution is -0.130. The van der Waals surface area contributed by atoms with Crippen molar-refractivity contribution in [2.24, 2.45) is 0 Å². The second kappa shape index (κ2) is 9.18. The van der Waals surface area contributed by atoms with E-state index in [-0.39, 0.29) is 18.9 Å². The number of carbonyl (C=O) groups excluding carboxylic acids is 2. The van der Waals surface area contributed by atoms with Crippen LogP contribution in [0.3, 0.4) is 0 Å². The fourth-order valence-corrected chi connectivity index (χ4v) is 3.39. The minimum atomic E-state index is -1.24. The van der Waals surface area contributed by atoms with E-state index in [0.717, 1.165) is 11.6 Å². The van der Waals surface area contributed by atoms with E-state index in [1.165, 1.54) is 12.1 Å². The molecular weight excluding hydrogens is 469 g/mol. The van der Waals surface area contributed by atoms with Crippen LogP contribution in [0, 0.1) is 5.82 Å². The maximum absolute atomic E-state index is 14.2. The maximum atomic E-state index is 14.2. The van der Waals surface area contributed by atoms with Gasteiger partial charge in [0.05, 0.1) is 5.56 Å². The van der Waals surface area contributed by atoms with Gasteiger partial charge in [0.2, 0.25) is 12.9 Å². The molecule has 0 saturated heterocycles. The maximum Gasteiger partial charge on any atom is 0.342 e. The molecule has 3 aromatic carbocycles. The van der Waals surface area contributed by atoms with Gasteiger partial charge in [0.25, 0.3) is 5.91 Å². The van der Waals surface area contributed by atoms with Crippen molar-refractivity contribution in [1.82, 2.24) is 5.32 Å². The summed E-state index contributed by atoms with van der Waals surface area (Å²) < 4.78 is 30.7. The molecule has 0 aromatic heterocycles. The number of hydrogen-bond acceptors (Lipinski definition) is 5. The molecule has 4 rings (SSSR count). The third-order valence-corrected chi connectivity index (χ3v) is 5.11. The minimum Gasteiger partial charge on any atom is -0.454 e. The van der Waals surface area contributed by atoms with E-state index in [1.807, 2.05) is 0 Å². The van der Waals surface area contributed by atoms with Crippen LogP contribution in [0.1, 0.15) is 27.6 Å². The Morgan fingerprint density at radius 1 is 1.03 bits per heavy atom. The van der Waals surface area contributed by atoms with Crippen molar-refractivity contribution in [3.63, 3.8) is 0 Å². The van der Waals surface area contributed by atoms with Gasteiger partial charge in [-0.1, -0.05) is 52.3 Å². The molecule has 8 heteroatoms. The predicted octanol–water partition coefficient (Wildman–Crippen LogP) is 4.53. The highest BCUT2D eigenvalue weighted by molar-refractivity contribution is 9.10. The summed E-state index contributed by atoms with van der Waals surface area (Å²) in [6.45, 7) is 0.340. The van der Waals surface area contributed by atoms with E-state index in [2.05, 4.69) is 21.2 Å². The number of amides is 1. The average molecular weight is 486 g/mol. The first-order chi connectivity index (χ1) is 15.0. The smallest absolute Gasteiger partial charge is 0.342 e. The lowest BCUT2D eigenvalue weighted by Crippen LogP contribution is -2.32. The molecule has 158 valence electrons. The largest absolute Gasteiger partial charge is 0.454 e. The summed E-state index contributed by atoms with van der Waals surface area (Å²) in [5.41, 5.74) is 0.999. The van der Waals surface area contributed by atoms with Crippen LogP contribution < -0.4 is 14.8 Å². The van der Waals surface area contributed by atoms with Crippen molar-refractivity contribution in [3.8, 4) is 11.5 Å². The molecule has 31 heavy (non-hydrogen) atoms. The van der Waals surface area contributed by atoms with Gasteiger partial charge >= 0.3 is 5.97 Å². The SMILES string of the molecule is O=C(OC(C(=O)NCc1ccc2c(c1)OCO2)c1ccccc1)c1ccc(Br)cc1F. The van der Waals surface area contributed by atoms with E-state index >= 15 is 0 Å². The third-order valence-electron chi connectivity index (χ3n) is 4.62. The highest BCUT2D eigenvalue weighted by Gasteiger charge is 2.27. The van der Waals surface area contributed by atoms with Gasteiger partial charge in [0, 0.05) is 16.6 Å². The third kappa shape index (κ3) is 4.86. The van der Waals surface area contributed by atoms with Gasteiger partial charge in [-0.25, -0.2) is 9.18 Å². The molecule has 1 heterocycles. The van der Waals surface area contributed by atoms with E-state index in [4.69, 9.17) is 14.2 Å². The van der Waals surface area contributed by atoms with Gasteiger partial charge in [0.1, 0.15) is 5.82 Å². The number of fused-ring (bicyclic) bond motifs is 1. The molecule has 3 aromatic rings. The van der Waals surface area contributed by atoms with Crippen molar-refractivity contribution in [1.29, 1.82) is 0 Å². The van der Waals surface area contributed by atoms with Crippen molar-refractivity contribution in [3.05, 3.63) is 93.7 Å². The Balaban J connectivity index is 1.50. The molecule has 0 bridgehead atoms. The van der Waals surface area contributed by atoms with E-state index < -0.39 is 23.8 Å². The zero-order valence-electron chi connectivity index (χ0n) is 16.1. The standard InChI is InChI=1S/C23H17BrFNO5/c24-16-7-8-17(18(25)11-16)23(28)31-21(15-4-2-1-3-5-15)22(27)26-12-14-6-9-19-20(10-14)30-13-29-19/h1-11,21H,12-13H2,(H,26,27). The van der Waals surface area contributed by atoms with Gasteiger partial charge in [-0.2, -0.15) is 0 Å². The average Bonchev–Trinajstić information content (AvgIpc) is 3.24. The van der Waals surface area contributed by atoms with Crippen molar-refractivity contribution >= 4 is 27.8 Å². The van der Waals surface area contributed by atoms with Crippen LogP contribution in [0.4, 0.5) is 4.39 Å². The highest BCUT2D eigenvalue weighted by atomic mass is 79.9. The molecule has 1 aliphatic rings. The molecular formula is C23H17BrFNO5. The number of hydrogen-bond donors (Lipinski definition) is 1. The minimum absolute atomic E-state index is 0.157. The number of nitrogens with one attached hydrogen (secondary N) is 1. The van der Waals surface area contributed by atoms with Gasteiger partial charge in [-0.15, -0.1) is 0 Å². The molecule has 6 nitrogen and oxygen atoms in total. The fourth-order valence-electron chi connectivity index (χ4n) is 3.06. The van der Waals surface area contributed by atoms with Crippen LogP contribution in [-0.4, -0.2) is 18.7 Å². The summed E-state index contributed by atoms with van der Waals surface area (Å²) in [4.78, 5) is 25.5. The number of halogens is 2. The van der Waals surface area contributed by atoms with Gasteiger partial charge in [0.15, 0.2) is 11.5 Å². The molecule has 0 radical (unpaired) electrons. The van der Waals surface area contributed by atoms with Gasteiger partial charge in [-0.3, -0.25) is 4.79 Å². The normalized spacial score (nSPS) is 12.8. The summed E-state index contributed by atoms with van der Waals surface area (Å²) >= 11 is 3.14. The number of esters is 1. The molecule has 1 amide bonds. The summed E-state index contributed by atoms with van der Waals surface area (Å²) in [6, 6.07) is 17.9. The Labute approximate surface area is 186 Å². The Hall–Kier alpha value is -3.39. The summed E-state index contributed by atoms with van der Waals surface area (Å²) in [5.74, 6) is -0.968. The first-order valence-corrected chi connectivity index (χ1v) is 10.2. The molecule has 1 N–H and O–H groups in total. The molecule has 0 fully saturated rings. The number of ether oxygens (including phenoxy) is 3. The van der Waals surface area contributed by atoms with E-state index in [9.17, 15) is 14.0 Å². The first-order valence-electron chi connectivity index (χ1n) is 9.38. The lowest BCUT2D eigenvalue weighted by Gasteiger charge is -2.18. The zero-order valence-corrected chi connectivity index (χ0v) is 17.7. The molecule has 0 aliphatic carbocycles. The van der Waals surface area contributed by atoms with Crippen LogP contribution in [0.5, 0.6) is 11.5 Å². The van der Waals surface area contributed by atoms with Crippen molar-refractivity contribution in [2.75, 3.05) is 6.79 Å². The Morgan fingerprint density at radius 2 is 1.81 bits per heavy atom. The summed E-state index contributed by atoms with van der Waals surface area (Å²) in [5, 5.41) is 2.76. The Bertz CT molecular complexity index is 1120. The number of benzene rings is 3. The topological polar surface area (TPSA) is 73.9 Å². The molecule has 0 saturated carbocycles. The van der Waals surface area contributed by atoms with Crippen LogP contribution >= 0.6 is 15.9 Å². The molecule has 0 spiro atoms. The van der Waals surface area contributed by atoms with Gasteiger partial charge in [-0.05, 0) is 35.9 Å². The van der Waals surface area contributed by atoms with Crippen LogP contribution in [0.15, 0.2) is 71.2 Å². The number of rotatable bonds is 6. The summed E-state index contributed by atoms with van der Waals surface area (Å²) in [6.07, 6.45) is -1.24. The van der Waals surface area contributed by atoms with Crippen LogP contribution in [-0.2, 0) is 16.1 Å². The first kappa shape index (κ1) is 20.9. The fraction of sp³-hybridized carbons (Fsp3) is 0.130. The number of carbonyl (C=O) groups is 2. The second-order valence-electron chi connectivity index (χ2n) is 6.73. The Kier molecular flexibility index (Phi) is 6.18. The summed E-state index contributed by atoms with van der Waals surface area (Å²) in [7, 11) is 0. The highest BCUT2D eigenvalue weighted by Crippen LogP contribution is 2.32. The van der Waals surface area contributed by atoms with Crippen LogP contribution in [0.2, 0.25) is 0 Å². The predicted molar refractivity (Wildman–Crippen MR) is 113 cm³/mol. The van der Waals surface area contributed by atoms with Crippen molar-refractivity contribution < 1.29 is 28.2 Å². The Morgan fingerprint density at radius 3 is 2.58 bits per heavy atom. The molecule has 1 atom stereocenters. The van der Waals surface area contributed by atoms with Crippen molar-refractivity contribution in [2.45, 2.75) is 12.6 Å². The second-order valence-corrected chi connectivity index (χ2v) is 7.64. The van der Waals surface area contributed by atoms with Crippen LogP contribution in [0.25, 0.3) is 0 Å². The monoisotopic (exact) mass is 485 g/mol. The zero-order chi connectivity index (χ0) is 21.8. The van der Waals surface area contributed by atoms with E-state index in [1.54, 1.807) is 48.5 Å².